The lowest BCUT2D eigenvalue weighted by Gasteiger charge is -2.31. The number of aromatic amines is 1. The van der Waals surface area contributed by atoms with Crippen molar-refractivity contribution in [3.63, 3.8) is 0 Å². The first kappa shape index (κ1) is 16.7. The molecule has 1 aliphatic heterocycles. The van der Waals surface area contributed by atoms with Crippen LogP contribution in [0.15, 0.2) is 30.7 Å². The summed E-state index contributed by atoms with van der Waals surface area (Å²) in [5.41, 5.74) is 2.98. The summed E-state index contributed by atoms with van der Waals surface area (Å²) in [6.45, 7) is 2.64. The predicted octanol–water partition coefficient (Wildman–Crippen LogP) is 2.26. The zero-order valence-electron chi connectivity index (χ0n) is 13.7. The van der Waals surface area contributed by atoms with E-state index >= 15 is 0 Å². The Labute approximate surface area is 145 Å². The number of imidazole rings is 1. The van der Waals surface area contributed by atoms with E-state index in [1.165, 1.54) is 0 Å². The Bertz CT molecular complexity index is 676. The lowest BCUT2D eigenvalue weighted by molar-refractivity contribution is -0.142. The molecule has 1 aliphatic rings. The van der Waals surface area contributed by atoms with Crippen LogP contribution in [0, 0.1) is 0 Å². The summed E-state index contributed by atoms with van der Waals surface area (Å²) in [7, 11) is 0. The number of carbonyl (C=O) groups is 1. The maximum atomic E-state index is 11.9. The number of aromatic nitrogens is 2. The van der Waals surface area contributed by atoms with Gasteiger partial charge < -0.3 is 19.4 Å². The first-order valence-electron chi connectivity index (χ1n) is 7.89. The average molecular weight is 347 g/mol. The number of esters is 1. The van der Waals surface area contributed by atoms with Crippen molar-refractivity contribution in [3.8, 4) is 5.75 Å². The van der Waals surface area contributed by atoms with Crippen molar-refractivity contribution in [2.75, 3.05) is 36.7 Å². The SMILES string of the molecule is CSCCOC(=O)Cc1ccc2c(c1)N(Cc1cnc[nH]1)CCO2. The highest BCUT2D eigenvalue weighted by Gasteiger charge is 2.19. The highest BCUT2D eigenvalue weighted by atomic mass is 32.2. The highest BCUT2D eigenvalue weighted by molar-refractivity contribution is 7.98. The molecule has 0 spiro atoms. The van der Waals surface area contributed by atoms with Crippen molar-refractivity contribution in [3.05, 3.63) is 42.0 Å². The first-order chi connectivity index (χ1) is 11.8. The normalized spacial score (nSPS) is 13.3. The van der Waals surface area contributed by atoms with Gasteiger partial charge in [-0.25, -0.2) is 4.98 Å². The third-order valence-electron chi connectivity index (χ3n) is 3.80. The number of carbonyl (C=O) groups excluding carboxylic acids is 1. The second-order valence-corrected chi connectivity index (χ2v) is 6.52. The number of nitrogens with one attached hydrogen (secondary N) is 1. The van der Waals surface area contributed by atoms with Gasteiger partial charge in [0.05, 0.1) is 37.2 Å². The van der Waals surface area contributed by atoms with Crippen molar-refractivity contribution in [1.82, 2.24) is 9.97 Å². The molecule has 6 nitrogen and oxygen atoms in total. The Morgan fingerprint density at radius 1 is 1.50 bits per heavy atom. The minimum atomic E-state index is -0.194. The molecule has 0 fully saturated rings. The van der Waals surface area contributed by atoms with Crippen LogP contribution in [0.2, 0.25) is 0 Å². The molecule has 24 heavy (non-hydrogen) atoms. The minimum absolute atomic E-state index is 0.194. The number of thioether (sulfide) groups is 1. The molecule has 2 heterocycles. The minimum Gasteiger partial charge on any atom is -0.490 e. The fraction of sp³-hybridized carbons (Fsp3) is 0.412. The van der Waals surface area contributed by atoms with Gasteiger partial charge >= 0.3 is 5.97 Å². The van der Waals surface area contributed by atoms with E-state index in [0.29, 0.717) is 13.2 Å². The maximum Gasteiger partial charge on any atom is 0.310 e. The molecule has 1 N–H and O–H groups in total. The topological polar surface area (TPSA) is 67.5 Å². The summed E-state index contributed by atoms with van der Waals surface area (Å²) in [5.74, 6) is 1.47. The van der Waals surface area contributed by atoms with Gasteiger partial charge in [-0.1, -0.05) is 6.07 Å². The first-order valence-corrected chi connectivity index (χ1v) is 9.28. The summed E-state index contributed by atoms with van der Waals surface area (Å²) in [5, 5.41) is 0. The lowest BCUT2D eigenvalue weighted by atomic mass is 10.1. The van der Waals surface area contributed by atoms with Crippen LogP contribution in [0.4, 0.5) is 5.69 Å². The monoisotopic (exact) mass is 347 g/mol. The summed E-state index contributed by atoms with van der Waals surface area (Å²) in [4.78, 5) is 21.3. The van der Waals surface area contributed by atoms with E-state index in [-0.39, 0.29) is 12.4 Å². The number of hydrogen-bond donors (Lipinski definition) is 1. The van der Waals surface area contributed by atoms with Crippen molar-refractivity contribution in [2.24, 2.45) is 0 Å². The van der Waals surface area contributed by atoms with Gasteiger partial charge in [0.15, 0.2) is 0 Å². The largest absolute Gasteiger partial charge is 0.490 e. The van der Waals surface area contributed by atoms with Gasteiger partial charge in [-0.2, -0.15) is 11.8 Å². The van der Waals surface area contributed by atoms with Crippen LogP contribution < -0.4 is 9.64 Å². The smallest absolute Gasteiger partial charge is 0.310 e. The van der Waals surface area contributed by atoms with Gasteiger partial charge in [-0.05, 0) is 24.0 Å². The second kappa shape index (κ2) is 8.10. The molecule has 1 aromatic carbocycles. The van der Waals surface area contributed by atoms with Crippen molar-refractivity contribution < 1.29 is 14.3 Å². The van der Waals surface area contributed by atoms with Crippen LogP contribution in [-0.2, 0) is 22.5 Å². The molecule has 0 bridgehead atoms. The number of benzene rings is 1. The number of fused-ring (bicyclic) bond motifs is 1. The van der Waals surface area contributed by atoms with Crippen LogP contribution in [0.5, 0.6) is 5.75 Å². The standard InChI is InChI=1S/C17H21N3O3S/c1-24-7-6-23-17(21)9-13-2-3-16-15(8-13)20(4-5-22-16)11-14-10-18-12-19-14/h2-3,8,10,12H,4-7,9,11H2,1H3,(H,18,19). The molecule has 2 aromatic rings. The zero-order valence-corrected chi connectivity index (χ0v) is 14.5. The van der Waals surface area contributed by atoms with Gasteiger partial charge in [-0.3, -0.25) is 4.79 Å². The molecule has 128 valence electrons. The number of hydrogen-bond acceptors (Lipinski definition) is 6. The van der Waals surface area contributed by atoms with Crippen molar-refractivity contribution >= 4 is 23.4 Å². The average Bonchev–Trinajstić information content (AvgIpc) is 3.09. The van der Waals surface area contributed by atoms with Gasteiger partial charge in [-0.15, -0.1) is 0 Å². The van der Waals surface area contributed by atoms with E-state index in [4.69, 9.17) is 9.47 Å². The van der Waals surface area contributed by atoms with Crippen molar-refractivity contribution in [2.45, 2.75) is 13.0 Å². The van der Waals surface area contributed by atoms with E-state index in [2.05, 4.69) is 14.9 Å². The summed E-state index contributed by atoms with van der Waals surface area (Å²) >= 11 is 1.66. The molecule has 1 aromatic heterocycles. The van der Waals surface area contributed by atoms with E-state index < -0.39 is 0 Å². The maximum absolute atomic E-state index is 11.9. The second-order valence-electron chi connectivity index (χ2n) is 5.54. The van der Waals surface area contributed by atoms with Crippen molar-refractivity contribution in [1.29, 1.82) is 0 Å². The Hall–Kier alpha value is -2.15. The van der Waals surface area contributed by atoms with Crippen LogP contribution in [0.1, 0.15) is 11.3 Å². The van der Waals surface area contributed by atoms with E-state index in [9.17, 15) is 4.79 Å². The van der Waals surface area contributed by atoms with Gasteiger partial charge in [0.2, 0.25) is 0 Å². The van der Waals surface area contributed by atoms with Gasteiger partial charge in [0.25, 0.3) is 0 Å². The van der Waals surface area contributed by atoms with Crippen LogP contribution >= 0.6 is 11.8 Å². The Morgan fingerprint density at radius 2 is 2.42 bits per heavy atom. The summed E-state index contributed by atoms with van der Waals surface area (Å²) in [6.07, 6.45) is 5.77. The molecule has 7 heteroatoms. The molecule has 0 saturated heterocycles. The van der Waals surface area contributed by atoms with Gasteiger partial charge in [0, 0.05) is 11.9 Å². The zero-order chi connectivity index (χ0) is 16.8. The number of ether oxygens (including phenoxy) is 2. The fourth-order valence-corrected chi connectivity index (χ4v) is 2.88. The quantitative estimate of drug-likeness (QED) is 0.612. The van der Waals surface area contributed by atoms with E-state index in [0.717, 1.165) is 41.5 Å². The Balaban J connectivity index is 1.69. The molecule has 0 unspecified atom stereocenters. The number of rotatable bonds is 7. The Kier molecular flexibility index (Phi) is 5.63. The molecular formula is C17H21N3O3S. The molecule has 3 rings (SSSR count). The molecule has 0 aliphatic carbocycles. The highest BCUT2D eigenvalue weighted by Crippen LogP contribution is 2.33. The van der Waals surface area contributed by atoms with E-state index in [1.807, 2.05) is 30.7 Å². The Morgan fingerprint density at radius 3 is 3.21 bits per heavy atom. The van der Waals surface area contributed by atoms with E-state index in [1.54, 1.807) is 18.1 Å². The van der Waals surface area contributed by atoms with Crippen LogP contribution in [-0.4, -0.2) is 47.7 Å². The predicted molar refractivity (Wildman–Crippen MR) is 94.6 cm³/mol. The molecule has 0 amide bonds. The number of anilines is 1. The lowest BCUT2D eigenvalue weighted by Crippen LogP contribution is -2.32. The van der Waals surface area contributed by atoms with Crippen LogP contribution in [0.25, 0.3) is 0 Å². The molecule has 0 atom stereocenters. The number of H-pyrrole nitrogens is 1. The third-order valence-corrected chi connectivity index (χ3v) is 4.37. The van der Waals surface area contributed by atoms with Crippen LogP contribution in [0.3, 0.4) is 0 Å². The summed E-state index contributed by atoms with van der Waals surface area (Å²) < 4.78 is 11.0. The molecule has 0 saturated carbocycles. The summed E-state index contributed by atoms with van der Waals surface area (Å²) in [6, 6.07) is 5.87. The molecular weight excluding hydrogens is 326 g/mol. The van der Waals surface area contributed by atoms with Gasteiger partial charge in [0.1, 0.15) is 19.0 Å². The third kappa shape index (κ3) is 4.23. The fourth-order valence-electron chi connectivity index (χ4n) is 2.63. The molecule has 0 radical (unpaired) electrons. The number of nitrogens with zero attached hydrogens (tertiary/aromatic N) is 2.